The maximum absolute atomic E-state index is 12.7. The molecule has 0 spiro atoms. The van der Waals surface area contributed by atoms with Crippen LogP contribution in [-0.4, -0.2) is 12.2 Å². The van der Waals surface area contributed by atoms with Crippen molar-refractivity contribution in [3.05, 3.63) is 64.9 Å². The molecule has 0 unspecified atom stereocenters. The van der Waals surface area contributed by atoms with Gasteiger partial charge < -0.3 is 9.73 Å². The van der Waals surface area contributed by atoms with Crippen LogP contribution in [0.3, 0.4) is 0 Å². The highest BCUT2D eigenvalue weighted by molar-refractivity contribution is 7.97. The number of carbonyl (C=O) groups is 1. The molecule has 0 saturated carbocycles. The van der Waals surface area contributed by atoms with Crippen molar-refractivity contribution in [1.82, 2.24) is 0 Å². The lowest BCUT2D eigenvalue weighted by Crippen LogP contribution is -2.13. The largest absolute Gasteiger partial charge is 0.451 e. The molecule has 0 atom stereocenters. The van der Waals surface area contributed by atoms with Gasteiger partial charge in [0.2, 0.25) is 0 Å². The average molecular weight is 325 g/mol. The van der Waals surface area contributed by atoms with Crippen LogP contribution in [-0.2, 0) is 5.75 Å². The van der Waals surface area contributed by atoms with E-state index in [2.05, 4.69) is 11.4 Å². The minimum absolute atomic E-state index is 0.199. The zero-order valence-electron chi connectivity index (χ0n) is 13.5. The molecular weight excluding hydrogens is 306 g/mol. The molecule has 1 heterocycles. The molecule has 0 bridgehead atoms. The Morgan fingerprint density at radius 2 is 1.83 bits per heavy atom. The van der Waals surface area contributed by atoms with Gasteiger partial charge in [-0.05, 0) is 49.4 Å². The van der Waals surface area contributed by atoms with Gasteiger partial charge in [-0.1, -0.05) is 24.3 Å². The fraction of sp³-hybridized carbons (Fsp3) is 0.211. The van der Waals surface area contributed by atoms with E-state index in [1.54, 1.807) is 11.8 Å². The summed E-state index contributed by atoms with van der Waals surface area (Å²) in [7, 11) is 0. The Kier molecular flexibility index (Phi) is 4.44. The molecule has 2 aromatic carbocycles. The van der Waals surface area contributed by atoms with Crippen LogP contribution in [0.1, 0.15) is 27.2 Å². The number of benzene rings is 2. The molecule has 3 rings (SSSR count). The van der Waals surface area contributed by atoms with Gasteiger partial charge >= 0.3 is 0 Å². The smallest absolute Gasteiger partial charge is 0.291 e. The summed E-state index contributed by atoms with van der Waals surface area (Å²) in [6.45, 7) is 4.03. The van der Waals surface area contributed by atoms with Crippen LogP contribution in [0.25, 0.3) is 11.0 Å². The summed E-state index contributed by atoms with van der Waals surface area (Å²) in [6.07, 6.45) is 2.02. The Balaban J connectivity index is 1.98. The van der Waals surface area contributed by atoms with Gasteiger partial charge in [0.1, 0.15) is 5.58 Å². The number of thioether (sulfide) groups is 1. The third-order valence-electron chi connectivity index (χ3n) is 3.67. The molecule has 118 valence electrons. The van der Waals surface area contributed by atoms with Gasteiger partial charge in [-0.25, -0.2) is 0 Å². The van der Waals surface area contributed by atoms with E-state index in [9.17, 15) is 4.79 Å². The quantitative estimate of drug-likeness (QED) is 0.720. The highest BCUT2D eigenvalue weighted by Gasteiger charge is 2.20. The van der Waals surface area contributed by atoms with Gasteiger partial charge in [0, 0.05) is 22.4 Å². The van der Waals surface area contributed by atoms with Crippen molar-refractivity contribution >= 4 is 34.3 Å². The topological polar surface area (TPSA) is 42.2 Å². The van der Waals surface area contributed by atoms with Crippen molar-refractivity contribution in [1.29, 1.82) is 0 Å². The monoisotopic (exact) mass is 325 g/mol. The van der Waals surface area contributed by atoms with E-state index in [4.69, 9.17) is 4.42 Å². The van der Waals surface area contributed by atoms with Gasteiger partial charge in [-0.3, -0.25) is 4.79 Å². The summed E-state index contributed by atoms with van der Waals surface area (Å²) in [5.74, 6) is 0.946. The second-order valence-electron chi connectivity index (χ2n) is 5.67. The molecule has 0 aliphatic heterocycles. The molecule has 0 aliphatic carbocycles. The van der Waals surface area contributed by atoms with Crippen molar-refractivity contribution in [2.24, 2.45) is 0 Å². The minimum Gasteiger partial charge on any atom is -0.451 e. The summed E-state index contributed by atoms with van der Waals surface area (Å²) in [4.78, 5) is 12.7. The van der Waals surface area contributed by atoms with Crippen LogP contribution in [0, 0.1) is 13.8 Å². The second-order valence-corrected chi connectivity index (χ2v) is 6.54. The summed E-state index contributed by atoms with van der Waals surface area (Å²) in [6, 6.07) is 13.8. The molecule has 3 aromatic rings. The van der Waals surface area contributed by atoms with Crippen LogP contribution in [0.5, 0.6) is 0 Å². The summed E-state index contributed by atoms with van der Waals surface area (Å²) in [5.41, 5.74) is 4.74. The van der Waals surface area contributed by atoms with Crippen LogP contribution in [0.15, 0.2) is 46.9 Å². The zero-order chi connectivity index (χ0) is 16.4. The van der Waals surface area contributed by atoms with Crippen LogP contribution in [0.4, 0.5) is 5.69 Å². The highest BCUT2D eigenvalue weighted by atomic mass is 32.2. The summed E-state index contributed by atoms with van der Waals surface area (Å²) >= 11 is 1.68. The van der Waals surface area contributed by atoms with Crippen LogP contribution >= 0.6 is 11.8 Å². The zero-order valence-corrected chi connectivity index (χ0v) is 14.3. The van der Waals surface area contributed by atoms with Crippen molar-refractivity contribution in [2.75, 3.05) is 11.6 Å². The predicted octanol–water partition coefficient (Wildman–Crippen LogP) is 5.16. The number of amides is 1. The average Bonchev–Trinajstić information content (AvgIpc) is 2.86. The fourth-order valence-electron chi connectivity index (χ4n) is 2.80. The third-order valence-corrected chi connectivity index (χ3v) is 4.25. The molecule has 0 aliphatic rings. The van der Waals surface area contributed by atoms with Crippen molar-refractivity contribution in [3.8, 4) is 0 Å². The number of anilines is 1. The molecule has 1 N–H and O–H groups in total. The lowest BCUT2D eigenvalue weighted by molar-refractivity contribution is 0.0998. The molecule has 0 saturated heterocycles. The lowest BCUT2D eigenvalue weighted by atomic mass is 10.1. The Morgan fingerprint density at radius 1 is 1.13 bits per heavy atom. The first kappa shape index (κ1) is 15.7. The molecule has 0 fully saturated rings. The first-order valence-electron chi connectivity index (χ1n) is 7.47. The number of para-hydroxylation sites is 1. The van der Waals surface area contributed by atoms with E-state index in [-0.39, 0.29) is 5.91 Å². The Hall–Kier alpha value is -2.20. The molecule has 3 nitrogen and oxygen atoms in total. The van der Waals surface area contributed by atoms with Crippen molar-refractivity contribution in [3.63, 3.8) is 0 Å². The van der Waals surface area contributed by atoms with E-state index < -0.39 is 0 Å². The van der Waals surface area contributed by atoms with Gasteiger partial charge in [0.15, 0.2) is 5.76 Å². The molecule has 23 heavy (non-hydrogen) atoms. The van der Waals surface area contributed by atoms with E-state index in [1.807, 2.05) is 56.5 Å². The normalized spacial score (nSPS) is 10.9. The molecule has 1 aromatic heterocycles. The number of fused-ring (bicyclic) bond motifs is 1. The first-order chi connectivity index (χ1) is 11.1. The van der Waals surface area contributed by atoms with Crippen LogP contribution in [0.2, 0.25) is 0 Å². The van der Waals surface area contributed by atoms with E-state index in [0.717, 1.165) is 39.1 Å². The number of rotatable bonds is 4. The maximum atomic E-state index is 12.7. The Labute approximate surface area is 140 Å². The van der Waals surface area contributed by atoms with Gasteiger partial charge in [0.05, 0.1) is 0 Å². The standard InChI is InChI=1S/C19H19NO2S/c1-12-8-13(2)10-14(9-12)20-19(21)18-16(11-23-3)15-6-4-5-7-17(15)22-18/h4-10H,11H2,1-3H3,(H,20,21). The van der Waals surface area contributed by atoms with Crippen molar-refractivity contribution in [2.45, 2.75) is 19.6 Å². The number of furan rings is 1. The molecular formula is C19H19NO2S. The SMILES string of the molecule is CSCc1c(C(=O)Nc2cc(C)cc(C)c2)oc2ccccc12. The number of nitrogens with one attached hydrogen (secondary N) is 1. The van der Waals surface area contributed by atoms with Gasteiger partial charge in [-0.2, -0.15) is 11.8 Å². The fourth-order valence-corrected chi connectivity index (χ4v) is 3.38. The minimum atomic E-state index is -0.199. The van der Waals surface area contributed by atoms with E-state index >= 15 is 0 Å². The number of hydrogen-bond donors (Lipinski definition) is 1. The number of carbonyl (C=O) groups excluding carboxylic acids is 1. The van der Waals surface area contributed by atoms with Gasteiger partial charge in [-0.15, -0.1) is 0 Å². The predicted molar refractivity (Wildman–Crippen MR) is 97.3 cm³/mol. The highest BCUT2D eigenvalue weighted by Crippen LogP contribution is 2.29. The second kappa shape index (κ2) is 6.50. The van der Waals surface area contributed by atoms with Gasteiger partial charge in [0.25, 0.3) is 5.91 Å². The Morgan fingerprint density at radius 3 is 2.52 bits per heavy atom. The molecule has 1 amide bonds. The Bertz CT molecular complexity index is 847. The van der Waals surface area contributed by atoms with E-state index in [1.165, 1.54) is 0 Å². The third kappa shape index (κ3) is 3.27. The molecule has 0 radical (unpaired) electrons. The van der Waals surface area contributed by atoms with E-state index in [0.29, 0.717) is 5.76 Å². The van der Waals surface area contributed by atoms with Crippen LogP contribution < -0.4 is 5.32 Å². The number of aryl methyl sites for hydroxylation is 2. The number of hydrogen-bond acceptors (Lipinski definition) is 3. The first-order valence-corrected chi connectivity index (χ1v) is 8.87. The summed E-state index contributed by atoms with van der Waals surface area (Å²) < 4.78 is 5.82. The molecule has 4 heteroatoms. The maximum Gasteiger partial charge on any atom is 0.291 e. The lowest BCUT2D eigenvalue weighted by Gasteiger charge is -2.07. The summed E-state index contributed by atoms with van der Waals surface area (Å²) in [5, 5.41) is 3.96. The van der Waals surface area contributed by atoms with Crippen molar-refractivity contribution < 1.29 is 9.21 Å².